The second-order valence-electron chi connectivity index (χ2n) is 2.76. The normalized spacial score (nSPS) is 10.6. The van der Waals surface area contributed by atoms with Crippen molar-refractivity contribution in [1.29, 1.82) is 0 Å². The molecule has 14 heavy (non-hydrogen) atoms. The lowest BCUT2D eigenvalue weighted by molar-refractivity contribution is 0.0665. The van der Waals surface area contributed by atoms with Crippen molar-refractivity contribution >= 4 is 28.5 Å². The molecular weight excluding hydrogens is 208 g/mol. The van der Waals surface area contributed by atoms with Crippen LogP contribution in [0.3, 0.4) is 0 Å². The minimum atomic E-state index is -1.18. The quantitative estimate of drug-likeness (QED) is 0.762. The van der Waals surface area contributed by atoms with Gasteiger partial charge in [-0.15, -0.1) is 0 Å². The van der Waals surface area contributed by atoms with Gasteiger partial charge >= 0.3 is 5.97 Å². The van der Waals surface area contributed by atoms with Gasteiger partial charge < -0.3 is 14.6 Å². The number of fused-ring (bicyclic) bond motifs is 1. The Labute approximate surface area is 83.3 Å². The fourth-order valence-electron chi connectivity index (χ4n) is 1.20. The minimum absolute atomic E-state index is 0.131. The van der Waals surface area contributed by atoms with E-state index in [0.29, 0.717) is 10.4 Å². The van der Waals surface area contributed by atoms with E-state index in [1.807, 2.05) is 0 Å². The maximum absolute atomic E-state index is 10.6. The van der Waals surface area contributed by atoms with Crippen LogP contribution in [0.25, 0.3) is 11.0 Å². The molecule has 72 valence electrons. The molecule has 0 saturated carbocycles. The summed E-state index contributed by atoms with van der Waals surface area (Å²) < 4.78 is 4.91. The summed E-state index contributed by atoms with van der Waals surface area (Å²) in [6, 6.07) is 4.12. The summed E-state index contributed by atoms with van der Waals surface area (Å²) in [5, 5.41) is 18.8. The van der Waals surface area contributed by atoms with Crippen LogP contribution in [0.2, 0.25) is 5.02 Å². The molecule has 0 unspecified atom stereocenters. The van der Waals surface area contributed by atoms with Crippen LogP contribution < -0.4 is 0 Å². The van der Waals surface area contributed by atoms with E-state index in [1.165, 1.54) is 18.2 Å². The number of carbonyl (C=O) groups is 1. The lowest BCUT2D eigenvalue weighted by Crippen LogP contribution is -1.91. The monoisotopic (exact) mass is 212 g/mol. The number of hydrogen-bond donors (Lipinski definition) is 2. The number of carboxylic acids is 1. The Morgan fingerprint density at radius 1 is 1.36 bits per heavy atom. The van der Waals surface area contributed by atoms with E-state index >= 15 is 0 Å². The summed E-state index contributed by atoms with van der Waals surface area (Å²) in [7, 11) is 0. The molecule has 0 radical (unpaired) electrons. The molecule has 0 spiro atoms. The van der Waals surface area contributed by atoms with Crippen LogP contribution >= 0.6 is 11.6 Å². The first-order valence-electron chi connectivity index (χ1n) is 3.73. The zero-order chi connectivity index (χ0) is 10.3. The van der Waals surface area contributed by atoms with Gasteiger partial charge in [0.2, 0.25) is 5.76 Å². The number of halogens is 1. The molecule has 2 rings (SSSR count). The van der Waals surface area contributed by atoms with E-state index in [4.69, 9.17) is 21.1 Å². The number of hydrogen-bond acceptors (Lipinski definition) is 3. The molecule has 0 aliphatic carbocycles. The van der Waals surface area contributed by atoms with Crippen molar-refractivity contribution in [1.82, 2.24) is 0 Å². The van der Waals surface area contributed by atoms with Crippen LogP contribution in [0.4, 0.5) is 0 Å². The molecule has 0 aliphatic heterocycles. The van der Waals surface area contributed by atoms with Crippen LogP contribution in [0.1, 0.15) is 10.6 Å². The van der Waals surface area contributed by atoms with Crippen molar-refractivity contribution in [2.45, 2.75) is 0 Å². The van der Waals surface area contributed by atoms with Gasteiger partial charge in [0.25, 0.3) is 0 Å². The summed E-state index contributed by atoms with van der Waals surface area (Å²) in [6.07, 6.45) is 0. The van der Waals surface area contributed by atoms with E-state index in [1.54, 1.807) is 0 Å². The Kier molecular flexibility index (Phi) is 1.86. The number of rotatable bonds is 1. The average Bonchev–Trinajstić information content (AvgIpc) is 2.47. The van der Waals surface area contributed by atoms with Gasteiger partial charge in [0.05, 0.1) is 0 Å². The third-order valence-corrected chi connectivity index (χ3v) is 1.99. The molecule has 0 atom stereocenters. The number of phenolic OH excluding ortho intramolecular Hbond substituents is 1. The van der Waals surface area contributed by atoms with Gasteiger partial charge in [-0.2, -0.15) is 0 Å². The topological polar surface area (TPSA) is 70.7 Å². The minimum Gasteiger partial charge on any atom is -0.504 e. The lowest BCUT2D eigenvalue weighted by atomic mass is 10.2. The van der Waals surface area contributed by atoms with Gasteiger partial charge in [-0.3, -0.25) is 0 Å². The Bertz CT molecular complexity index is 515. The van der Waals surface area contributed by atoms with Crippen LogP contribution in [-0.2, 0) is 0 Å². The molecule has 0 fully saturated rings. The van der Waals surface area contributed by atoms with Crippen molar-refractivity contribution in [3.05, 3.63) is 29.0 Å². The Morgan fingerprint density at radius 3 is 2.71 bits per heavy atom. The number of furan rings is 1. The molecule has 0 bridgehead atoms. The second-order valence-corrected chi connectivity index (χ2v) is 3.20. The Hall–Kier alpha value is -1.68. The first-order chi connectivity index (χ1) is 6.58. The number of aromatic hydroxyl groups is 1. The standard InChI is InChI=1S/C9H5ClO4/c10-5-1-4-2-7(9(12)13)14-8(4)6(11)3-5/h1-3,11H,(H,12,13). The van der Waals surface area contributed by atoms with E-state index in [9.17, 15) is 9.90 Å². The highest BCUT2D eigenvalue weighted by Crippen LogP contribution is 2.31. The summed E-state index contributed by atoms with van der Waals surface area (Å²) in [5.74, 6) is -1.57. The predicted octanol–water partition coefficient (Wildman–Crippen LogP) is 2.49. The molecule has 2 aromatic rings. The second kappa shape index (κ2) is 2.92. The molecule has 5 heteroatoms. The first-order valence-corrected chi connectivity index (χ1v) is 4.11. The molecule has 1 aromatic carbocycles. The molecule has 1 heterocycles. The van der Waals surface area contributed by atoms with Gasteiger partial charge in [0.1, 0.15) is 0 Å². The number of carboxylic acid groups (broad SMARTS) is 1. The zero-order valence-electron chi connectivity index (χ0n) is 6.82. The van der Waals surface area contributed by atoms with Crippen LogP contribution in [0, 0.1) is 0 Å². The summed E-state index contributed by atoms with van der Waals surface area (Å²) in [6.45, 7) is 0. The average molecular weight is 213 g/mol. The third kappa shape index (κ3) is 1.29. The predicted molar refractivity (Wildman–Crippen MR) is 49.8 cm³/mol. The SMILES string of the molecule is O=C(O)c1cc2cc(Cl)cc(O)c2o1. The summed E-state index contributed by atoms with van der Waals surface area (Å²) >= 11 is 5.66. The van der Waals surface area contributed by atoms with E-state index in [-0.39, 0.29) is 17.1 Å². The highest BCUT2D eigenvalue weighted by Gasteiger charge is 2.13. The van der Waals surface area contributed by atoms with Gasteiger partial charge in [-0.05, 0) is 12.1 Å². The van der Waals surface area contributed by atoms with Crippen molar-refractivity contribution in [3.8, 4) is 5.75 Å². The maximum Gasteiger partial charge on any atom is 0.371 e. The van der Waals surface area contributed by atoms with Crippen molar-refractivity contribution in [2.75, 3.05) is 0 Å². The highest BCUT2D eigenvalue weighted by atomic mass is 35.5. The molecule has 1 aromatic heterocycles. The van der Waals surface area contributed by atoms with Gasteiger partial charge in [0, 0.05) is 16.5 Å². The Balaban J connectivity index is 2.76. The third-order valence-electron chi connectivity index (χ3n) is 1.77. The number of benzene rings is 1. The zero-order valence-corrected chi connectivity index (χ0v) is 7.58. The van der Waals surface area contributed by atoms with Gasteiger partial charge in [0.15, 0.2) is 11.3 Å². The van der Waals surface area contributed by atoms with E-state index in [0.717, 1.165) is 0 Å². The van der Waals surface area contributed by atoms with Crippen molar-refractivity contribution in [2.24, 2.45) is 0 Å². The molecule has 4 nitrogen and oxygen atoms in total. The lowest BCUT2D eigenvalue weighted by Gasteiger charge is -1.93. The van der Waals surface area contributed by atoms with Crippen LogP contribution in [0.15, 0.2) is 22.6 Å². The van der Waals surface area contributed by atoms with E-state index < -0.39 is 5.97 Å². The van der Waals surface area contributed by atoms with Gasteiger partial charge in [-0.25, -0.2) is 4.79 Å². The Morgan fingerprint density at radius 2 is 2.07 bits per heavy atom. The van der Waals surface area contributed by atoms with Gasteiger partial charge in [-0.1, -0.05) is 11.6 Å². The summed E-state index contributed by atoms with van der Waals surface area (Å²) in [5.41, 5.74) is 0.131. The molecule has 0 saturated heterocycles. The van der Waals surface area contributed by atoms with Crippen LogP contribution in [0.5, 0.6) is 5.75 Å². The highest BCUT2D eigenvalue weighted by molar-refractivity contribution is 6.31. The molecule has 2 N–H and O–H groups in total. The van der Waals surface area contributed by atoms with E-state index in [2.05, 4.69) is 0 Å². The number of aromatic carboxylic acids is 1. The molecular formula is C9H5ClO4. The molecule has 0 aliphatic rings. The molecule has 0 amide bonds. The van der Waals surface area contributed by atoms with Crippen molar-refractivity contribution in [3.63, 3.8) is 0 Å². The van der Waals surface area contributed by atoms with Crippen molar-refractivity contribution < 1.29 is 19.4 Å². The smallest absolute Gasteiger partial charge is 0.371 e. The summed E-state index contributed by atoms with van der Waals surface area (Å²) in [4.78, 5) is 10.6. The first kappa shape index (κ1) is 8.90. The maximum atomic E-state index is 10.6. The number of phenols is 1. The largest absolute Gasteiger partial charge is 0.504 e. The fraction of sp³-hybridized carbons (Fsp3) is 0. The van der Waals surface area contributed by atoms with Crippen LogP contribution in [-0.4, -0.2) is 16.2 Å². The fourth-order valence-corrected chi connectivity index (χ4v) is 1.43.